The molecular formula is C22H24N4O3. The number of nitrogens with zero attached hydrogens (tertiary/aromatic N) is 4. The molecule has 1 aromatic heterocycles. The molecule has 0 bridgehead atoms. The van der Waals surface area contributed by atoms with Gasteiger partial charge in [0.15, 0.2) is 0 Å². The molecule has 2 aliphatic heterocycles. The Morgan fingerprint density at radius 3 is 2.66 bits per heavy atom. The molecule has 3 heterocycles. The Balaban J connectivity index is 1.18. The number of hydrogen-bond acceptors (Lipinski definition) is 4. The summed E-state index contributed by atoms with van der Waals surface area (Å²) >= 11 is 0. The highest BCUT2D eigenvalue weighted by Crippen LogP contribution is 2.28. The molecule has 7 nitrogen and oxygen atoms in total. The zero-order chi connectivity index (χ0) is 20.0. The van der Waals surface area contributed by atoms with Crippen LogP contribution >= 0.6 is 0 Å². The van der Waals surface area contributed by atoms with Gasteiger partial charge in [0.1, 0.15) is 0 Å². The smallest absolute Gasteiger partial charge is 0.267 e. The van der Waals surface area contributed by atoms with E-state index < -0.39 is 0 Å². The second-order valence-electron chi connectivity index (χ2n) is 8.34. The van der Waals surface area contributed by atoms with Crippen molar-refractivity contribution in [3.05, 3.63) is 58.0 Å². The minimum absolute atomic E-state index is 0.000478. The van der Waals surface area contributed by atoms with Crippen molar-refractivity contribution in [2.45, 2.75) is 32.2 Å². The van der Waals surface area contributed by atoms with Crippen LogP contribution in [0.3, 0.4) is 0 Å². The number of hydrogen-bond donors (Lipinski definition) is 0. The van der Waals surface area contributed by atoms with Crippen molar-refractivity contribution in [3.63, 3.8) is 0 Å². The van der Waals surface area contributed by atoms with Gasteiger partial charge >= 0.3 is 0 Å². The van der Waals surface area contributed by atoms with Crippen LogP contribution in [0.1, 0.15) is 24.1 Å². The number of aryl methyl sites for hydroxylation is 2. The molecule has 1 atom stereocenters. The molecular weight excluding hydrogens is 368 g/mol. The highest BCUT2D eigenvalue weighted by Gasteiger charge is 2.41. The lowest BCUT2D eigenvalue weighted by Crippen LogP contribution is -2.54. The van der Waals surface area contributed by atoms with Gasteiger partial charge in [0.2, 0.25) is 11.8 Å². The fraction of sp³-hybridized carbons (Fsp3) is 0.455. The Kier molecular flexibility index (Phi) is 4.45. The van der Waals surface area contributed by atoms with Gasteiger partial charge in [-0.2, -0.15) is 5.10 Å². The molecule has 5 rings (SSSR count). The first-order valence-corrected chi connectivity index (χ1v) is 10.3. The van der Waals surface area contributed by atoms with Crippen LogP contribution in [-0.4, -0.2) is 46.1 Å². The van der Waals surface area contributed by atoms with Gasteiger partial charge in [-0.05, 0) is 37.0 Å². The maximum Gasteiger partial charge on any atom is 0.267 e. The second kappa shape index (κ2) is 7.13. The standard InChI is InChI=1S/C22H24N4O3/c27-20-10-17(14-25(20)18-6-2-1-3-7-18)22(29)24-11-15(12-24)13-26-21(28)9-16-5-4-8-19(16)23-26/h1-3,6-7,9,15,17H,4-5,8,10-14H2. The van der Waals surface area contributed by atoms with Gasteiger partial charge in [-0.25, -0.2) is 4.68 Å². The summed E-state index contributed by atoms with van der Waals surface area (Å²) in [6.07, 6.45) is 3.22. The van der Waals surface area contributed by atoms with Crippen LogP contribution in [0.5, 0.6) is 0 Å². The van der Waals surface area contributed by atoms with Gasteiger partial charge in [-0.15, -0.1) is 0 Å². The van der Waals surface area contributed by atoms with Crippen LogP contribution in [0.15, 0.2) is 41.2 Å². The predicted molar refractivity (Wildman–Crippen MR) is 107 cm³/mol. The normalized spacial score (nSPS) is 21.4. The SMILES string of the molecule is O=C(C1CC(=O)N(c2ccccc2)C1)N1CC(Cn2nc3c(cc2=O)CCC3)C1. The fourth-order valence-electron chi connectivity index (χ4n) is 4.67. The number of likely N-dealkylation sites (tertiary alicyclic amines) is 1. The van der Waals surface area contributed by atoms with Crippen molar-refractivity contribution in [2.75, 3.05) is 24.5 Å². The molecule has 2 fully saturated rings. The van der Waals surface area contributed by atoms with Crippen LogP contribution in [0, 0.1) is 11.8 Å². The highest BCUT2D eigenvalue weighted by atomic mass is 16.2. The lowest BCUT2D eigenvalue weighted by atomic mass is 9.96. The van der Waals surface area contributed by atoms with E-state index in [0.717, 1.165) is 36.2 Å². The highest BCUT2D eigenvalue weighted by molar-refractivity contribution is 6.00. The first-order valence-electron chi connectivity index (χ1n) is 10.3. The zero-order valence-corrected chi connectivity index (χ0v) is 16.3. The number of carbonyl (C=O) groups is 2. The van der Waals surface area contributed by atoms with Gasteiger partial charge in [-0.1, -0.05) is 18.2 Å². The van der Waals surface area contributed by atoms with Crippen LogP contribution < -0.4 is 10.5 Å². The Hall–Kier alpha value is -2.96. The van der Waals surface area contributed by atoms with Crippen LogP contribution in [0.2, 0.25) is 0 Å². The summed E-state index contributed by atoms with van der Waals surface area (Å²) in [7, 11) is 0. The minimum Gasteiger partial charge on any atom is -0.342 e. The molecule has 7 heteroatoms. The topological polar surface area (TPSA) is 75.5 Å². The van der Waals surface area contributed by atoms with Gasteiger partial charge in [0.05, 0.1) is 18.2 Å². The molecule has 1 aromatic carbocycles. The summed E-state index contributed by atoms with van der Waals surface area (Å²) in [6, 6.07) is 11.2. The molecule has 0 radical (unpaired) electrons. The third-order valence-corrected chi connectivity index (χ3v) is 6.27. The second-order valence-corrected chi connectivity index (χ2v) is 8.34. The number of anilines is 1. The monoisotopic (exact) mass is 392 g/mol. The van der Waals surface area contributed by atoms with E-state index in [4.69, 9.17) is 0 Å². The Labute approximate surface area is 168 Å². The molecule has 2 aromatic rings. The van der Waals surface area contributed by atoms with Crippen molar-refractivity contribution < 1.29 is 9.59 Å². The predicted octanol–water partition coefficient (Wildman–Crippen LogP) is 1.24. The Morgan fingerprint density at radius 2 is 1.86 bits per heavy atom. The van der Waals surface area contributed by atoms with Crippen molar-refractivity contribution in [2.24, 2.45) is 11.8 Å². The van der Waals surface area contributed by atoms with Crippen LogP contribution in [0.25, 0.3) is 0 Å². The van der Waals surface area contributed by atoms with Gasteiger partial charge in [0.25, 0.3) is 5.56 Å². The maximum absolute atomic E-state index is 12.8. The molecule has 0 saturated carbocycles. The maximum atomic E-state index is 12.8. The summed E-state index contributed by atoms with van der Waals surface area (Å²) < 4.78 is 1.56. The number of para-hydroxylation sites is 1. The van der Waals surface area contributed by atoms with Gasteiger partial charge < -0.3 is 9.80 Å². The third kappa shape index (κ3) is 3.34. The molecule has 2 amide bonds. The number of carbonyl (C=O) groups excluding carboxylic acids is 2. The zero-order valence-electron chi connectivity index (χ0n) is 16.3. The summed E-state index contributed by atoms with van der Waals surface area (Å²) in [5, 5.41) is 4.52. The van der Waals surface area contributed by atoms with E-state index in [9.17, 15) is 14.4 Å². The number of amides is 2. The number of rotatable bonds is 4. The lowest BCUT2D eigenvalue weighted by Gasteiger charge is -2.40. The van der Waals surface area contributed by atoms with E-state index in [1.54, 1.807) is 15.6 Å². The largest absolute Gasteiger partial charge is 0.342 e. The quantitative estimate of drug-likeness (QED) is 0.785. The molecule has 1 unspecified atom stereocenters. The summed E-state index contributed by atoms with van der Waals surface area (Å²) in [4.78, 5) is 41.0. The molecule has 0 N–H and O–H groups in total. The van der Waals surface area contributed by atoms with Crippen LogP contribution in [0.4, 0.5) is 5.69 Å². The van der Waals surface area contributed by atoms with Crippen molar-refractivity contribution >= 4 is 17.5 Å². The van der Waals surface area contributed by atoms with Crippen molar-refractivity contribution in [1.29, 1.82) is 0 Å². The van der Waals surface area contributed by atoms with E-state index >= 15 is 0 Å². The van der Waals surface area contributed by atoms with E-state index in [1.807, 2.05) is 35.2 Å². The summed E-state index contributed by atoms with van der Waals surface area (Å²) in [5.74, 6) is -0.00163. The lowest BCUT2D eigenvalue weighted by molar-refractivity contribution is -0.142. The molecule has 1 aliphatic carbocycles. The molecule has 0 spiro atoms. The average molecular weight is 392 g/mol. The Bertz CT molecular complexity index is 1010. The number of fused-ring (bicyclic) bond motifs is 1. The van der Waals surface area contributed by atoms with E-state index in [1.165, 1.54) is 0 Å². The molecule has 2 saturated heterocycles. The van der Waals surface area contributed by atoms with Crippen LogP contribution in [-0.2, 0) is 29.0 Å². The fourth-order valence-corrected chi connectivity index (χ4v) is 4.67. The average Bonchev–Trinajstić information content (AvgIpc) is 3.30. The first kappa shape index (κ1) is 18.1. The van der Waals surface area contributed by atoms with Crippen molar-refractivity contribution in [3.8, 4) is 0 Å². The third-order valence-electron chi connectivity index (χ3n) is 6.27. The van der Waals surface area contributed by atoms with Gasteiger partial charge in [-0.3, -0.25) is 14.4 Å². The molecule has 29 heavy (non-hydrogen) atoms. The van der Waals surface area contributed by atoms with E-state index in [2.05, 4.69) is 5.10 Å². The molecule has 3 aliphatic rings. The minimum atomic E-state index is -0.288. The van der Waals surface area contributed by atoms with Crippen molar-refractivity contribution in [1.82, 2.24) is 14.7 Å². The number of aromatic nitrogens is 2. The summed E-state index contributed by atoms with van der Waals surface area (Å²) in [5.41, 5.74) is 2.93. The van der Waals surface area contributed by atoms with E-state index in [0.29, 0.717) is 26.2 Å². The first-order chi connectivity index (χ1) is 14.1. The number of benzene rings is 1. The van der Waals surface area contributed by atoms with Gasteiger partial charge in [0, 0.05) is 43.7 Å². The van der Waals surface area contributed by atoms with E-state index in [-0.39, 0.29) is 35.6 Å². The molecule has 150 valence electrons. The summed E-state index contributed by atoms with van der Waals surface area (Å²) in [6.45, 7) is 2.24. The Morgan fingerprint density at radius 1 is 1.07 bits per heavy atom.